The molecule has 0 unspecified atom stereocenters. The molecule has 0 spiro atoms. The maximum atomic E-state index is 14.8. The van der Waals surface area contributed by atoms with Gasteiger partial charge in [-0.25, -0.2) is 4.39 Å². The summed E-state index contributed by atoms with van der Waals surface area (Å²) in [6, 6.07) is 9.51. The first kappa shape index (κ1) is 28.6. The predicted molar refractivity (Wildman–Crippen MR) is 154 cm³/mol. The number of carbonyl (C=O) groups excluding carboxylic acids is 2. The van der Waals surface area contributed by atoms with Gasteiger partial charge < -0.3 is 30.3 Å². The molecule has 1 saturated heterocycles. The molecule has 2 amide bonds. The number of anilines is 1. The lowest BCUT2D eigenvalue weighted by Crippen LogP contribution is -2.47. The summed E-state index contributed by atoms with van der Waals surface area (Å²) in [5.74, 6) is -0.495. The van der Waals surface area contributed by atoms with E-state index in [0.717, 1.165) is 24.7 Å². The normalized spacial score (nSPS) is 18.5. The van der Waals surface area contributed by atoms with E-state index in [1.807, 2.05) is 37.4 Å². The Kier molecular flexibility index (Phi) is 9.34. The fraction of sp³-hybridized carbons (Fsp3) is 0.300. The molecule has 0 radical (unpaired) electrons. The average molecular weight is 548 g/mol. The van der Waals surface area contributed by atoms with Gasteiger partial charge in [0.25, 0.3) is 11.8 Å². The van der Waals surface area contributed by atoms with Crippen molar-refractivity contribution in [1.82, 2.24) is 9.80 Å². The summed E-state index contributed by atoms with van der Waals surface area (Å²) < 4.78 is 25.6. The van der Waals surface area contributed by atoms with Crippen molar-refractivity contribution in [2.75, 3.05) is 52.8 Å². The Bertz CT molecular complexity index is 1390. The minimum absolute atomic E-state index is 0.0301. The summed E-state index contributed by atoms with van der Waals surface area (Å²) in [5, 5.41) is 2.60. The van der Waals surface area contributed by atoms with Crippen molar-refractivity contribution < 1.29 is 23.5 Å². The first-order valence-corrected chi connectivity index (χ1v) is 13.0. The first-order valence-electron chi connectivity index (χ1n) is 13.0. The number of halogens is 1. The lowest BCUT2D eigenvalue weighted by atomic mass is 10.1. The van der Waals surface area contributed by atoms with Crippen molar-refractivity contribution in [3.63, 3.8) is 0 Å². The highest BCUT2D eigenvalue weighted by Gasteiger charge is 2.23. The maximum Gasteiger partial charge on any atom is 0.271 e. The smallest absolute Gasteiger partial charge is 0.271 e. The van der Waals surface area contributed by atoms with E-state index >= 15 is 0 Å². The summed E-state index contributed by atoms with van der Waals surface area (Å²) in [6.07, 6.45) is 8.61. The fourth-order valence-corrected chi connectivity index (χ4v) is 4.39. The average Bonchev–Trinajstić information content (AvgIpc) is 2.94. The number of methoxy groups -OCH3 is 2. The summed E-state index contributed by atoms with van der Waals surface area (Å²) in [7, 11) is 5.12. The third kappa shape index (κ3) is 6.95. The predicted octanol–water partition coefficient (Wildman–Crippen LogP) is 3.84. The molecule has 2 aromatic carbocycles. The van der Waals surface area contributed by atoms with Crippen LogP contribution in [-0.2, 0) is 4.79 Å². The highest BCUT2D eigenvalue weighted by molar-refractivity contribution is 6.09. The number of nitrogens with one attached hydrogen (secondary N) is 1. The van der Waals surface area contributed by atoms with E-state index in [4.69, 9.17) is 20.2 Å². The summed E-state index contributed by atoms with van der Waals surface area (Å²) in [4.78, 5) is 34.1. The number of likely N-dealkylation sites (N-methyl/N-ethyl adjacent to an activating group) is 1. The van der Waals surface area contributed by atoms with Gasteiger partial charge in [-0.3, -0.25) is 14.6 Å². The second kappa shape index (κ2) is 13.1. The number of allylic oxidation sites excluding steroid dienone is 4. The van der Waals surface area contributed by atoms with Gasteiger partial charge in [0.2, 0.25) is 0 Å². The SMILES string of the molecule is COc1ccc(/C2=C/C=C\CCC(C=C(N)C(=O)Nc3ccc(C(=O)N4CCN(C)CC4)c(F)c3)=N2)cc1OC. The van der Waals surface area contributed by atoms with Gasteiger partial charge in [0, 0.05) is 43.1 Å². The Morgan fingerprint density at radius 1 is 1.05 bits per heavy atom. The number of carbonyl (C=O) groups is 2. The Hall–Kier alpha value is -4.44. The van der Waals surface area contributed by atoms with Crippen LogP contribution in [0.3, 0.4) is 0 Å². The molecule has 210 valence electrons. The third-order valence-electron chi connectivity index (χ3n) is 6.73. The van der Waals surface area contributed by atoms with Crippen molar-refractivity contribution in [3.8, 4) is 11.5 Å². The molecule has 3 N–H and O–H groups in total. The lowest BCUT2D eigenvalue weighted by Gasteiger charge is -2.32. The zero-order valence-electron chi connectivity index (χ0n) is 22.9. The van der Waals surface area contributed by atoms with Crippen LogP contribution in [0.1, 0.15) is 28.8 Å². The summed E-state index contributed by atoms with van der Waals surface area (Å²) in [6.45, 7) is 2.55. The number of aliphatic imine (C=N–C) groups is 1. The van der Waals surface area contributed by atoms with E-state index in [0.29, 0.717) is 48.8 Å². The zero-order valence-corrected chi connectivity index (χ0v) is 22.9. The van der Waals surface area contributed by atoms with Gasteiger partial charge in [-0.05, 0) is 68.4 Å². The highest BCUT2D eigenvalue weighted by Crippen LogP contribution is 2.31. The van der Waals surface area contributed by atoms with Crippen LogP contribution in [0, 0.1) is 5.82 Å². The van der Waals surface area contributed by atoms with Crippen LogP contribution in [0.25, 0.3) is 5.70 Å². The van der Waals surface area contributed by atoms with E-state index in [9.17, 15) is 14.0 Å². The molecular formula is C30H34FN5O4. The molecule has 2 heterocycles. The van der Waals surface area contributed by atoms with Gasteiger partial charge in [-0.1, -0.05) is 12.2 Å². The second-order valence-corrected chi connectivity index (χ2v) is 9.54. The topological polar surface area (TPSA) is 109 Å². The number of hydrogen-bond donors (Lipinski definition) is 2. The van der Waals surface area contributed by atoms with Crippen LogP contribution in [0.2, 0.25) is 0 Å². The number of nitrogens with zero attached hydrogens (tertiary/aromatic N) is 3. The second-order valence-electron chi connectivity index (χ2n) is 9.54. The van der Waals surface area contributed by atoms with Gasteiger partial charge in [-0.2, -0.15) is 0 Å². The molecule has 0 atom stereocenters. The van der Waals surface area contributed by atoms with Crippen molar-refractivity contribution in [2.24, 2.45) is 10.7 Å². The van der Waals surface area contributed by atoms with Gasteiger partial charge >= 0.3 is 0 Å². The zero-order chi connectivity index (χ0) is 28.6. The van der Waals surface area contributed by atoms with Crippen LogP contribution in [0.5, 0.6) is 11.5 Å². The van der Waals surface area contributed by atoms with E-state index in [2.05, 4.69) is 10.2 Å². The number of piperazine rings is 1. The number of rotatable bonds is 7. The van der Waals surface area contributed by atoms with E-state index in [1.54, 1.807) is 25.2 Å². The van der Waals surface area contributed by atoms with Gasteiger partial charge in [-0.15, -0.1) is 0 Å². The molecule has 2 aliphatic heterocycles. The van der Waals surface area contributed by atoms with Crippen molar-refractivity contribution in [3.05, 3.63) is 83.3 Å². The minimum Gasteiger partial charge on any atom is -0.493 e. The molecule has 9 nitrogen and oxygen atoms in total. The standard InChI is InChI=1S/C30H34FN5O4/c1-35-13-15-36(16-14-35)30(38)23-11-10-22(18-24(23)31)34-29(37)25(32)19-21-7-5-4-6-8-26(33-21)20-9-12-27(39-2)28(17-20)40-3/h4,6,8-12,17-19H,5,7,13-16,32H2,1-3H3,(H,34,37)/b6-4-,25-19?,26-8-,33-21?. The molecule has 2 aliphatic rings. The fourth-order valence-electron chi connectivity index (χ4n) is 4.39. The van der Waals surface area contributed by atoms with Crippen molar-refractivity contribution in [1.29, 1.82) is 0 Å². The van der Waals surface area contributed by atoms with Gasteiger partial charge in [0.15, 0.2) is 11.5 Å². The van der Waals surface area contributed by atoms with Crippen LogP contribution >= 0.6 is 0 Å². The lowest BCUT2D eigenvalue weighted by molar-refractivity contribution is -0.112. The molecular weight excluding hydrogens is 513 g/mol. The number of ether oxygens (including phenoxy) is 2. The molecule has 0 bridgehead atoms. The monoisotopic (exact) mass is 547 g/mol. The summed E-state index contributed by atoms with van der Waals surface area (Å²) >= 11 is 0. The molecule has 40 heavy (non-hydrogen) atoms. The molecule has 4 rings (SSSR count). The molecule has 0 aliphatic carbocycles. The molecule has 2 aromatic rings. The van der Waals surface area contributed by atoms with Crippen LogP contribution in [0.4, 0.5) is 10.1 Å². The van der Waals surface area contributed by atoms with Gasteiger partial charge in [0.1, 0.15) is 5.82 Å². The number of amides is 2. The Labute approximate surface area is 233 Å². The third-order valence-corrected chi connectivity index (χ3v) is 6.73. The van der Waals surface area contributed by atoms with Crippen molar-refractivity contribution >= 4 is 28.9 Å². The van der Waals surface area contributed by atoms with Crippen LogP contribution < -0.4 is 20.5 Å². The Balaban J connectivity index is 1.48. The van der Waals surface area contributed by atoms with Crippen molar-refractivity contribution in [2.45, 2.75) is 12.8 Å². The quantitative estimate of drug-likeness (QED) is 0.510. The first-order chi connectivity index (χ1) is 19.3. The largest absolute Gasteiger partial charge is 0.493 e. The van der Waals surface area contributed by atoms with E-state index in [1.165, 1.54) is 18.2 Å². The van der Waals surface area contributed by atoms with E-state index < -0.39 is 11.7 Å². The Morgan fingerprint density at radius 2 is 1.80 bits per heavy atom. The highest BCUT2D eigenvalue weighted by atomic mass is 19.1. The molecule has 1 fully saturated rings. The van der Waals surface area contributed by atoms with Gasteiger partial charge in [0.05, 0.1) is 31.2 Å². The molecule has 0 saturated carbocycles. The minimum atomic E-state index is -0.704. The maximum absolute atomic E-state index is 14.8. The number of benzene rings is 2. The van der Waals surface area contributed by atoms with E-state index in [-0.39, 0.29) is 22.9 Å². The number of nitrogens with two attached hydrogens (primary N) is 1. The summed E-state index contributed by atoms with van der Waals surface area (Å²) in [5.41, 5.74) is 8.28. The Morgan fingerprint density at radius 3 is 2.50 bits per heavy atom. The number of hydrogen-bond acceptors (Lipinski definition) is 7. The van der Waals surface area contributed by atoms with Crippen LogP contribution in [-0.4, -0.2) is 74.8 Å². The molecule has 10 heteroatoms. The van der Waals surface area contributed by atoms with Crippen LogP contribution in [0.15, 0.2) is 71.4 Å². The molecule has 0 aromatic heterocycles.